The highest BCUT2D eigenvalue weighted by Gasteiger charge is 2.51. The van der Waals surface area contributed by atoms with E-state index in [1.807, 2.05) is 7.11 Å². The van der Waals surface area contributed by atoms with Gasteiger partial charge >= 0.3 is 5.97 Å². The molecule has 3 heterocycles. The van der Waals surface area contributed by atoms with Gasteiger partial charge in [0.15, 0.2) is 0 Å². The SMILES string of the molecule is CCCCCCc1ccc(O)cc1O.COC12CC(COC(=O)c3cncc(Br)c3)CN(C)C1Cc1cn(C)c3cccc2c13. The molecule has 2 aliphatic rings. The van der Waals surface area contributed by atoms with Gasteiger partial charge in [0.25, 0.3) is 0 Å². The summed E-state index contributed by atoms with van der Waals surface area (Å²) < 4.78 is 15.0. The van der Waals surface area contributed by atoms with Crippen molar-refractivity contribution in [3.05, 3.63) is 87.8 Å². The van der Waals surface area contributed by atoms with Crippen LogP contribution in [-0.4, -0.2) is 64.0 Å². The normalized spacial score (nSPS) is 20.7. The summed E-state index contributed by atoms with van der Waals surface area (Å²) in [7, 11) is 6.07. The highest BCUT2D eigenvalue weighted by atomic mass is 79.9. The molecule has 2 N–H and O–H groups in total. The van der Waals surface area contributed by atoms with E-state index in [-0.39, 0.29) is 29.4 Å². The summed E-state index contributed by atoms with van der Waals surface area (Å²) in [5.74, 6) is 0.160. The fraction of sp³-hybridized carbons (Fsp3) is 0.444. The van der Waals surface area contributed by atoms with Gasteiger partial charge in [0.1, 0.15) is 17.1 Å². The number of fused-ring (bicyclic) bond motifs is 2. The highest BCUT2D eigenvalue weighted by molar-refractivity contribution is 9.10. The van der Waals surface area contributed by atoms with Crippen LogP contribution in [0.4, 0.5) is 0 Å². The third kappa shape index (κ3) is 7.05. The number of piperidine rings is 1. The Kier molecular flexibility index (Phi) is 10.5. The van der Waals surface area contributed by atoms with Crippen LogP contribution in [0.3, 0.4) is 0 Å². The molecule has 240 valence electrons. The second-order valence-corrected chi connectivity index (χ2v) is 13.3. The third-order valence-corrected chi connectivity index (χ3v) is 9.73. The van der Waals surface area contributed by atoms with E-state index in [1.54, 1.807) is 24.4 Å². The molecular weight excluding hydrogens is 634 g/mol. The summed E-state index contributed by atoms with van der Waals surface area (Å²) >= 11 is 3.35. The van der Waals surface area contributed by atoms with E-state index in [2.05, 4.69) is 75.8 Å². The van der Waals surface area contributed by atoms with E-state index in [9.17, 15) is 9.90 Å². The Morgan fingerprint density at radius 2 is 1.93 bits per heavy atom. The zero-order valence-electron chi connectivity index (χ0n) is 26.6. The van der Waals surface area contributed by atoms with Gasteiger partial charge in [0, 0.05) is 72.7 Å². The number of unbranched alkanes of at least 4 members (excludes halogenated alkanes) is 3. The molecule has 0 saturated carbocycles. The van der Waals surface area contributed by atoms with Crippen molar-refractivity contribution >= 4 is 32.8 Å². The van der Waals surface area contributed by atoms with Crippen LogP contribution in [0.15, 0.2) is 65.5 Å². The van der Waals surface area contributed by atoms with E-state index in [1.165, 1.54) is 53.6 Å². The van der Waals surface area contributed by atoms with Crippen molar-refractivity contribution in [2.45, 2.75) is 63.5 Å². The number of methoxy groups -OCH3 is 1. The van der Waals surface area contributed by atoms with Gasteiger partial charge in [0.05, 0.1) is 12.2 Å². The van der Waals surface area contributed by atoms with Gasteiger partial charge in [-0.2, -0.15) is 0 Å². The largest absolute Gasteiger partial charge is 0.508 e. The summed E-state index contributed by atoms with van der Waals surface area (Å²) in [5.41, 5.74) is 4.83. The van der Waals surface area contributed by atoms with Crippen LogP contribution in [0, 0.1) is 5.92 Å². The second-order valence-electron chi connectivity index (χ2n) is 12.4. The molecule has 9 heteroatoms. The number of aromatic nitrogens is 2. The average molecular weight is 679 g/mol. The summed E-state index contributed by atoms with van der Waals surface area (Å²) in [6.45, 7) is 3.39. The molecule has 0 amide bonds. The fourth-order valence-electron chi connectivity index (χ4n) is 7.13. The molecule has 3 atom stereocenters. The van der Waals surface area contributed by atoms with E-state index in [0.717, 1.165) is 42.3 Å². The molecule has 2 aromatic carbocycles. The minimum atomic E-state index is -0.421. The molecule has 0 radical (unpaired) electrons. The number of ether oxygens (including phenoxy) is 2. The molecular formula is C36H44BrN3O5. The van der Waals surface area contributed by atoms with Gasteiger partial charge in [-0.05, 0) is 83.6 Å². The van der Waals surface area contributed by atoms with Gasteiger partial charge in [-0.15, -0.1) is 0 Å². The maximum absolute atomic E-state index is 12.5. The molecule has 8 nitrogen and oxygen atoms in total. The number of likely N-dealkylation sites (tertiary alicyclic amines) is 1. The second kappa shape index (κ2) is 14.4. The number of esters is 1. The molecule has 4 aromatic rings. The Morgan fingerprint density at radius 3 is 2.67 bits per heavy atom. The van der Waals surface area contributed by atoms with E-state index < -0.39 is 5.60 Å². The monoisotopic (exact) mass is 677 g/mol. The molecule has 1 saturated heterocycles. The van der Waals surface area contributed by atoms with Crippen molar-refractivity contribution in [2.24, 2.45) is 13.0 Å². The van der Waals surface area contributed by atoms with Gasteiger partial charge in [-0.1, -0.05) is 44.4 Å². The van der Waals surface area contributed by atoms with Crippen LogP contribution in [-0.2, 0) is 35.0 Å². The summed E-state index contributed by atoms with van der Waals surface area (Å²) in [5, 5.41) is 19.9. The maximum Gasteiger partial charge on any atom is 0.339 e. The first-order valence-corrected chi connectivity index (χ1v) is 16.6. The number of hydrogen-bond acceptors (Lipinski definition) is 7. The number of hydrogen-bond donors (Lipinski definition) is 2. The van der Waals surface area contributed by atoms with Crippen LogP contribution in [0.1, 0.15) is 66.1 Å². The number of aryl methyl sites for hydroxylation is 2. The molecule has 1 fully saturated rings. The highest BCUT2D eigenvalue weighted by Crippen LogP contribution is 2.49. The Morgan fingerprint density at radius 1 is 1.11 bits per heavy atom. The van der Waals surface area contributed by atoms with Gasteiger partial charge < -0.3 is 24.3 Å². The zero-order chi connectivity index (χ0) is 32.1. The molecule has 6 rings (SSSR count). The molecule has 2 aromatic heterocycles. The number of benzene rings is 2. The van der Waals surface area contributed by atoms with Crippen LogP contribution >= 0.6 is 15.9 Å². The lowest BCUT2D eigenvalue weighted by Crippen LogP contribution is -2.59. The van der Waals surface area contributed by atoms with Crippen molar-refractivity contribution in [1.82, 2.24) is 14.5 Å². The lowest BCUT2D eigenvalue weighted by Gasteiger charge is -2.53. The Bertz CT molecular complexity index is 1640. The van der Waals surface area contributed by atoms with Gasteiger partial charge in [-0.3, -0.25) is 9.88 Å². The van der Waals surface area contributed by atoms with Crippen molar-refractivity contribution in [3.8, 4) is 11.5 Å². The number of carbonyl (C=O) groups excluding carboxylic acids is 1. The molecule has 1 aliphatic carbocycles. The standard InChI is InChI=1S/C24H26BrN3O3.C12H18O2/c1-27-13-17-8-21-24(30-3,19-5-4-6-20(27)22(17)19)9-15(12-28(21)2)14-31-23(29)16-7-18(25)11-26-10-16;1-2-3-4-5-6-10-7-8-11(13)9-12(10)14/h4-7,10-11,13,15,21H,8-9,12,14H2,1-3H3;7-9,13-14H,2-6H2,1H3. The lowest BCUT2D eigenvalue weighted by molar-refractivity contribution is -0.131. The van der Waals surface area contributed by atoms with Crippen LogP contribution in [0.5, 0.6) is 11.5 Å². The maximum atomic E-state index is 12.5. The number of pyridine rings is 1. The number of carbonyl (C=O) groups is 1. The van der Waals surface area contributed by atoms with Crippen molar-refractivity contribution in [3.63, 3.8) is 0 Å². The first-order chi connectivity index (χ1) is 21.7. The van der Waals surface area contributed by atoms with E-state index in [4.69, 9.17) is 14.6 Å². The lowest BCUT2D eigenvalue weighted by atomic mass is 9.69. The first-order valence-electron chi connectivity index (χ1n) is 15.8. The molecule has 3 unspecified atom stereocenters. The summed E-state index contributed by atoms with van der Waals surface area (Å²) in [6.07, 6.45) is 12.9. The van der Waals surface area contributed by atoms with Crippen LogP contribution in [0.2, 0.25) is 0 Å². The number of rotatable bonds is 9. The van der Waals surface area contributed by atoms with Crippen molar-refractivity contribution in [1.29, 1.82) is 0 Å². The number of phenolic OH excluding ortho intramolecular Hbond substituents is 2. The van der Waals surface area contributed by atoms with Crippen molar-refractivity contribution < 1.29 is 24.5 Å². The molecule has 0 bridgehead atoms. The van der Waals surface area contributed by atoms with E-state index >= 15 is 0 Å². The van der Waals surface area contributed by atoms with Crippen LogP contribution in [0.25, 0.3) is 10.9 Å². The zero-order valence-corrected chi connectivity index (χ0v) is 28.2. The smallest absolute Gasteiger partial charge is 0.339 e. The van der Waals surface area contributed by atoms with Crippen LogP contribution < -0.4 is 0 Å². The Hall–Kier alpha value is -3.40. The summed E-state index contributed by atoms with van der Waals surface area (Å²) in [6, 6.07) is 13.3. The van der Waals surface area contributed by atoms with Gasteiger partial charge in [-0.25, -0.2) is 4.79 Å². The van der Waals surface area contributed by atoms with E-state index in [0.29, 0.717) is 12.2 Å². The topological polar surface area (TPSA) is 97.1 Å². The molecule has 45 heavy (non-hydrogen) atoms. The summed E-state index contributed by atoms with van der Waals surface area (Å²) in [4.78, 5) is 19.0. The van der Waals surface area contributed by atoms with Gasteiger partial charge in [0.2, 0.25) is 0 Å². The molecule has 0 spiro atoms. The minimum Gasteiger partial charge on any atom is -0.508 e. The number of phenols is 2. The molecule has 1 aliphatic heterocycles. The Balaban J connectivity index is 0.000000241. The number of aromatic hydroxyl groups is 2. The first kappa shape index (κ1) is 33.0. The average Bonchev–Trinajstić information content (AvgIpc) is 3.35. The predicted octanol–water partition coefficient (Wildman–Crippen LogP) is 7.13. The third-order valence-electron chi connectivity index (χ3n) is 9.29. The predicted molar refractivity (Wildman–Crippen MR) is 180 cm³/mol. The minimum absolute atomic E-state index is 0.125. The number of likely N-dealkylation sites (N-methyl/N-ethyl adjacent to an activating group) is 1. The Labute approximate surface area is 274 Å². The van der Waals surface area contributed by atoms with Crippen molar-refractivity contribution in [2.75, 3.05) is 27.3 Å². The number of halogens is 1. The fourth-order valence-corrected chi connectivity index (χ4v) is 7.50. The number of nitrogens with zero attached hydrogens (tertiary/aromatic N) is 3. The quantitative estimate of drug-likeness (QED) is 0.144.